The first-order chi connectivity index (χ1) is 15.0. The largest absolute Gasteiger partial charge is 0.374 e. The van der Waals surface area contributed by atoms with Crippen molar-refractivity contribution in [2.75, 3.05) is 26.2 Å². The fraction of sp³-hybridized carbons (Fsp3) is 0.348. The minimum Gasteiger partial charge on any atom is -0.374 e. The van der Waals surface area contributed by atoms with Crippen molar-refractivity contribution in [3.8, 4) is 0 Å². The number of hydrogen-bond donors (Lipinski definition) is 2. The third-order valence-corrected chi connectivity index (χ3v) is 5.52. The second kappa shape index (κ2) is 9.28. The number of amides is 1. The molecular weight excluding hydrogens is 396 g/mol. The van der Waals surface area contributed by atoms with Crippen molar-refractivity contribution in [3.05, 3.63) is 80.4 Å². The van der Waals surface area contributed by atoms with Crippen LogP contribution in [0.3, 0.4) is 0 Å². The molecule has 2 N–H and O–H groups in total. The quantitative estimate of drug-likeness (QED) is 0.585. The standard InChI is InChI=1S/C23H26N4O4/c1-2-27-20-9-8-17(12-19(20)25-22(29)23(27)30)21(28)24-13-18-15-26(10-11-31-18)14-16-6-4-3-5-7-16/h3-9,12,18H,2,10-11,13-15H2,1H3,(H,24,28)(H,25,29). The first-order valence-corrected chi connectivity index (χ1v) is 10.5. The number of benzene rings is 2. The lowest BCUT2D eigenvalue weighted by Crippen LogP contribution is -2.47. The Kier molecular flexibility index (Phi) is 6.29. The molecule has 1 atom stereocenters. The van der Waals surface area contributed by atoms with Crippen LogP contribution < -0.4 is 16.4 Å². The van der Waals surface area contributed by atoms with Gasteiger partial charge in [0, 0.05) is 38.3 Å². The molecule has 1 fully saturated rings. The van der Waals surface area contributed by atoms with Gasteiger partial charge in [0.15, 0.2) is 0 Å². The number of carbonyl (C=O) groups excluding carboxylic acids is 1. The Labute approximate surface area is 179 Å². The van der Waals surface area contributed by atoms with Crippen LogP contribution in [0.1, 0.15) is 22.8 Å². The van der Waals surface area contributed by atoms with E-state index >= 15 is 0 Å². The van der Waals surface area contributed by atoms with E-state index in [1.807, 2.05) is 18.2 Å². The maximum atomic E-state index is 12.7. The summed E-state index contributed by atoms with van der Waals surface area (Å²) in [6, 6.07) is 15.2. The van der Waals surface area contributed by atoms with Gasteiger partial charge < -0.3 is 19.6 Å². The summed E-state index contributed by atoms with van der Waals surface area (Å²) >= 11 is 0. The molecule has 0 radical (unpaired) electrons. The molecule has 0 saturated carbocycles. The predicted octanol–water partition coefficient (Wildman–Crippen LogP) is 1.34. The molecule has 2 aromatic carbocycles. The highest BCUT2D eigenvalue weighted by Gasteiger charge is 2.21. The molecule has 1 unspecified atom stereocenters. The van der Waals surface area contributed by atoms with Crippen LogP contribution in [0.15, 0.2) is 58.1 Å². The number of aromatic nitrogens is 2. The number of rotatable bonds is 6. The van der Waals surface area contributed by atoms with Crippen LogP contribution in [-0.4, -0.2) is 52.7 Å². The van der Waals surface area contributed by atoms with Crippen LogP contribution in [0.4, 0.5) is 0 Å². The Balaban J connectivity index is 1.40. The monoisotopic (exact) mass is 422 g/mol. The van der Waals surface area contributed by atoms with Crippen molar-refractivity contribution < 1.29 is 9.53 Å². The van der Waals surface area contributed by atoms with Crippen LogP contribution in [0, 0.1) is 0 Å². The summed E-state index contributed by atoms with van der Waals surface area (Å²) in [7, 11) is 0. The molecule has 8 heteroatoms. The van der Waals surface area contributed by atoms with Crippen molar-refractivity contribution in [2.45, 2.75) is 26.1 Å². The summed E-state index contributed by atoms with van der Waals surface area (Å²) < 4.78 is 7.22. The number of carbonyl (C=O) groups is 1. The van der Waals surface area contributed by atoms with Crippen LogP contribution in [0.5, 0.6) is 0 Å². The van der Waals surface area contributed by atoms with Gasteiger partial charge in [0.1, 0.15) is 0 Å². The van der Waals surface area contributed by atoms with Crippen molar-refractivity contribution in [2.24, 2.45) is 0 Å². The lowest BCUT2D eigenvalue weighted by molar-refractivity contribution is -0.0292. The fourth-order valence-corrected chi connectivity index (χ4v) is 3.93. The van der Waals surface area contributed by atoms with E-state index in [1.54, 1.807) is 25.1 Å². The maximum absolute atomic E-state index is 12.7. The van der Waals surface area contributed by atoms with Gasteiger partial charge in [0.05, 0.1) is 23.7 Å². The summed E-state index contributed by atoms with van der Waals surface area (Å²) in [5, 5.41) is 2.92. The Hall–Kier alpha value is -3.23. The molecule has 8 nitrogen and oxygen atoms in total. The second-order valence-corrected chi connectivity index (χ2v) is 7.66. The Morgan fingerprint density at radius 2 is 2.00 bits per heavy atom. The third kappa shape index (κ3) is 4.76. The van der Waals surface area contributed by atoms with Gasteiger partial charge in [-0.05, 0) is 30.7 Å². The van der Waals surface area contributed by atoms with E-state index in [0.29, 0.717) is 36.3 Å². The number of aryl methyl sites for hydroxylation is 1. The Morgan fingerprint density at radius 1 is 1.19 bits per heavy atom. The Bertz CT molecular complexity index is 1190. The highest BCUT2D eigenvalue weighted by molar-refractivity contribution is 5.97. The van der Waals surface area contributed by atoms with E-state index in [1.165, 1.54) is 10.1 Å². The molecule has 2 heterocycles. The van der Waals surface area contributed by atoms with Gasteiger partial charge >= 0.3 is 11.1 Å². The summed E-state index contributed by atoms with van der Waals surface area (Å²) in [4.78, 5) is 41.4. The minimum atomic E-state index is -0.693. The number of aromatic amines is 1. The van der Waals surface area contributed by atoms with Gasteiger partial charge in [-0.25, -0.2) is 0 Å². The van der Waals surface area contributed by atoms with Gasteiger partial charge in [0.2, 0.25) is 0 Å². The molecule has 4 rings (SSSR count). The molecule has 162 valence electrons. The van der Waals surface area contributed by atoms with E-state index in [9.17, 15) is 14.4 Å². The van der Waals surface area contributed by atoms with Crippen molar-refractivity contribution in [1.82, 2.24) is 19.8 Å². The van der Waals surface area contributed by atoms with Crippen LogP contribution in [0.2, 0.25) is 0 Å². The van der Waals surface area contributed by atoms with E-state index in [2.05, 4.69) is 27.3 Å². The summed E-state index contributed by atoms with van der Waals surface area (Å²) in [6.45, 7) is 5.65. The number of morpholine rings is 1. The van der Waals surface area contributed by atoms with Crippen molar-refractivity contribution >= 4 is 16.9 Å². The number of H-pyrrole nitrogens is 1. The molecule has 1 aliphatic rings. The average molecular weight is 422 g/mol. The SMILES string of the molecule is CCn1c(=O)c(=O)[nH]c2cc(C(=O)NCC3CN(Cc4ccccc4)CCO3)ccc21. The van der Waals surface area contributed by atoms with E-state index in [4.69, 9.17) is 4.74 Å². The molecule has 3 aromatic rings. The van der Waals surface area contributed by atoms with Crippen LogP contribution >= 0.6 is 0 Å². The number of hydrogen-bond acceptors (Lipinski definition) is 5. The fourth-order valence-electron chi connectivity index (χ4n) is 3.93. The lowest BCUT2D eigenvalue weighted by atomic mass is 10.1. The molecular formula is C23H26N4O4. The van der Waals surface area contributed by atoms with Crippen molar-refractivity contribution in [1.29, 1.82) is 0 Å². The summed E-state index contributed by atoms with van der Waals surface area (Å²) in [5.74, 6) is -0.249. The van der Waals surface area contributed by atoms with Gasteiger partial charge in [-0.1, -0.05) is 30.3 Å². The normalized spacial score (nSPS) is 17.0. The Morgan fingerprint density at radius 3 is 2.77 bits per heavy atom. The summed E-state index contributed by atoms with van der Waals surface area (Å²) in [6.07, 6.45) is -0.0908. The van der Waals surface area contributed by atoms with E-state index < -0.39 is 11.1 Å². The van der Waals surface area contributed by atoms with E-state index in [-0.39, 0.29) is 12.0 Å². The lowest BCUT2D eigenvalue weighted by Gasteiger charge is -2.33. The zero-order chi connectivity index (χ0) is 21.8. The highest BCUT2D eigenvalue weighted by Crippen LogP contribution is 2.13. The first-order valence-electron chi connectivity index (χ1n) is 10.5. The molecule has 0 aliphatic carbocycles. The molecule has 1 aliphatic heterocycles. The molecule has 0 bridgehead atoms. The molecule has 1 aromatic heterocycles. The molecule has 1 saturated heterocycles. The average Bonchev–Trinajstić information content (AvgIpc) is 2.79. The third-order valence-electron chi connectivity index (χ3n) is 5.52. The number of ether oxygens (including phenoxy) is 1. The van der Waals surface area contributed by atoms with E-state index in [0.717, 1.165) is 19.6 Å². The van der Waals surface area contributed by atoms with Crippen LogP contribution in [-0.2, 0) is 17.8 Å². The van der Waals surface area contributed by atoms with Crippen LogP contribution in [0.25, 0.3) is 11.0 Å². The van der Waals surface area contributed by atoms with Gasteiger partial charge in [-0.2, -0.15) is 0 Å². The van der Waals surface area contributed by atoms with Gasteiger partial charge in [0.25, 0.3) is 5.91 Å². The number of nitrogens with zero attached hydrogens (tertiary/aromatic N) is 2. The topological polar surface area (TPSA) is 96.4 Å². The second-order valence-electron chi connectivity index (χ2n) is 7.66. The maximum Gasteiger partial charge on any atom is 0.316 e. The molecule has 1 amide bonds. The zero-order valence-electron chi connectivity index (χ0n) is 17.5. The zero-order valence-corrected chi connectivity index (χ0v) is 17.5. The smallest absolute Gasteiger partial charge is 0.316 e. The molecule has 31 heavy (non-hydrogen) atoms. The minimum absolute atomic E-state index is 0.0908. The van der Waals surface area contributed by atoms with Crippen molar-refractivity contribution in [3.63, 3.8) is 0 Å². The van der Waals surface area contributed by atoms with Gasteiger partial charge in [-0.3, -0.25) is 19.3 Å². The van der Waals surface area contributed by atoms with Gasteiger partial charge in [-0.15, -0.1) is 0 Å². The number of nitrogens with one attached hydrogen (secondary N) is 2. The molecule has 0 spiro atoms. The number of fused-ring (bicyclic) bond motifs is 1. The predicted molar refractivity (Wildman–Crippen MR) is 118 cm³/mol. The highest BCUT2D eigenvalue weighted by atomic mass is 16.5. The summed E-state index contributed by atoms with van der Waals surface area (Å²) in [5.41, 5.74) is 1.44. The first kappa shape index (κ1) is 21.0.